The number of hydrogen-bond acceptors (Lipinski definition) is 5. The van der Waals surface area contributed by atoms with Crippen molar-refractivity contribution >= 4 is 34.8 Å². The van der Waals surface area contributed by atoms with Crippen molar-refractivity contribution in [2.75, 3.05) is 24.6 Å². The van der Waals surface area contributed by atoms with Gasteiger partial charge >= 0.3 is 0 Å². The third kappa shape index (κ3) is 3.08. The first-order valence-corrected chi connectivity index (χ1v) is 10.6. The second-order valence-corrected chi connectivity index (χ2v) is 8.90. The van der Waals surface area contributed by atoms with Gasteiger partial charge in [-0.3, -0.25) is 9.59 Å². The van der Waals surface area contributed by atoms with Crippen molar-refractivity contribution in [3.8, 4) is 0 Å². The molecule has 0 bridgehead atoms. The number of piperazine rings is 1. The first-order valence-electron chi connectivity index (χ1n) is 10.3. The van der Waals surface area contributed by atoms with Crippen LogP contribution in [-0.4, -0.2) is 53.2 Å². The smallest absolute Gasteiger partial charge is 0.273 e. The van der Waals surface area contributed by atoms with Crippen LogP contribution < -0.4 is 10.2 Å². The molecule has 162 valence electrons. The average Bonchev–Trinajstić information content (AvgIpc) is 3.32. The Balaban J connectivity index is 1.53. The summed E-state index contributed by atoms with van der Waals surface area (Å²) >= 11 is 5.85. The second-order valence-electron chi connectivity index (χ2n) is 8.50. The van der Waals surface area contributed by atoms with Crippen LogP contribution >= 0.6 is 11.6 Å². The standard InChI is InChI=1S/C22H22ClFN4O3/c1-22(2)21(30)25-8-9-27(22)19(29)16-5-6-17-18(26-16)13-7-10-31-20(13)28(17)12-3-4-14(23)15(24)11-12/h3-6,11,13,20H,7-10H2,1-2H3,(H,25,30)/t13-,20-/m1/s1. The Hall–Kier alpha value is -2.71. The zero-order valence-electron chi connectivity index (χ0n) is 17.2. The molecule has 0 spiro atoms. The number of carbonyl (C=O) groups excluding carboxylic acids is 2. The van der Waals surface area contributed by atoms with Crippen LogP contribution in [0.1, 0.15) is 42.4 Å². The number of rotatable bonds is 2. The molecule has 5 rings (SSSR count). The van der Waals surface area contributed by atoms with Gasteiger partial charge in [0.2, 0.25) is 5.91 Å². The molecular weight excluding hydrogens is 423 g/mol. The lowest BCUT2D eigenvalue weighted by Gasteiger charge is -2.41. The van der Waals surface area contributed by atoms with Gasteiger partial charge in [0.05, 0.1) is 28.9 Å². The number of pyridine rings is 1. The van der Waals surface area contributed by atoms with Crippen molar-refractivity contribution in [2.45, 2.75) is 38.0 Å². The zero-order chi connectivity index (χ0) is 21.9. The summed E-state index contributed by atoms with van der Waals surface area (Å²) in [5.41, 5.74) is 1.48. The molecule has 0 radical (unpaired) electrons. The molecule has 7 nitrogen and oxygen atoms in total. The minimum absolute atomic E-state index is 0.0286. The topological polar surface area (TPSA) is 74.8 Å². The van der Waals surface area contributed by atoms with Crippen LogP contribution in [-0.2, 0) is 9.53 Å². The van der Waals surface area contributed by atoms with Gasteiger partial charge < -0.3 is 19.9 Å². The molecule has 2 amide bonds. The lowest BCUT2D eigenvalue weighted by atomic mass is 9.98. The highest BCUT2D eigenvalue weighted by atomic mass is 35.5. The molecule has 2 fully saturated rings. The molecule has 3 aliphatic rings. The number of fused-ring (bicyclic) bond motifs is 3. The number of aromatic nitrogens is 1. The number of ether oxygens (including phenoxy) is 1. The van der Waals surface area contributed by atoms with Crippen LogP contribution in [0.3, 0.4) is 0 Å². The van der Waals surface area contributed by atoms with Crippen molar-refractivity contribution in [1.82, 2.24) is 15.2 Å². The molecule has 3 aliphatic heterocycles. The van der Waals surface area contributed by atoms with Crippen molar-refractivity contribution in [2.24, 2.45) is 0 Å². The molecule has 0 aliphatic carbocycles. The van der Waals surface area contributed by atoms with Crippen LogP contribution in [0.25, 0.3) is 0 Å². The number of benzene rings is 1. The quantitative estimate of drug-likeness (QED) is 0.770. The summed E-state index contributed by atoms with van der Waals surface area (Å²) in [5.74, 6) is -1.01. The zero-order valence-corrected chi connectivity index (χ0v) is 17.9. The fraction of sp³-hybridized carbons (Fsp3) is 0.409. The first kappa shape index (κ1) is 20.2. The van der Waals surface area contributed by atoms with E-state index in [0.29, 0.717) is 25.4 Å². The van der Waals surface area contributed by atoms with E-state index in [0.717, 1.165) is 17.8 Å². The maximum atomic E-state index is 14.1. The molecule has 1 N–H and O–H groups in total. The van der Waals surface area contributed by atoms with Crippen LogP contribution in [0.4, 0.5) is 15.8 Å². The van der Waals surface area contributed by atoms with Crippen LogP contribution in [0.15, 0.2) is 30.3 Å². The third-order valence-corrected chi connectivity index (χ3v) is 6.63. The van der Waals surface area contributed by atoms with Crippen LogP contribution in [0.2, 0.25) is 5.02 Å². The Morgan fingerprint density at radius 1 is 1.32 bits per heavy atom. The van der Waals surface area contributed by atoms with Gasteiger partial charge in [-0.15, -0.1) is 0 Å². The SMILES string of the molecule is CC1(C)C(=O)NCCN1C(=O)c1ccc2c(n1)[C@H]1CCO[C@H]1N2c1ccc(Cl)c(F)c1. The number of hydrogen-bond donors (Lipinski definition) is 1. The summed E-state index contributed by atoms with van der Waals surface area (Å²) in [5, 5.41) is 2.85. The summed E-state index contributed by atoms with van der Waals surface area (Å²) < 4.78 is 20.1. The number of carbonyl (C=O) groups is 2. The van der Waals surface area contributed by atoms with Crippen molar-refractivity contribution in [1.29, 1.82) is 0 Å². The molecule has 2 saturated heterocycles. The van der Waals surface area contributed by atoms with Gasteiger partial charge in [-0.1, -0.05) is 11.6 Å². The Kier molecular flexibility index (Phi) is 4.67. The van der Waals surface area contributed by atoms with E-state index in [2.05, 4.69) is 5.32 Å². The van der Waals surface area contributed by atoms with Crippen molar-refractivity contribution in [3.63, 3.8) is 0 Å². The second kappa shape index (κ2) is 7.17. The maximum absolute atomic E-state index is 14.1. The molecule has 2 aromatic rings. The molecule has 31 heavy (non-hydrogen) atoms. The Morgan fingerprint density at radius 3 is 2.90 bits per heavy atom. The van der Waals surface area contributed by atoms with E-state index < -0.39 is 11.4 Å². The van der Waals surface area contributed by atoms with Gasteiger partial charge in [0.1, 0.15) is 23.3 Å². The van der Waals surface area contributed by atoms with Crippen molar-refractivity contribution < 1.29 is 18.7 Å². The predicted octanol–water partition coefficient (Wildman–Crippen LogP) is 3.21. The predicted molar refractivity (Wildman–Crippen MR) is 113 cm³/mol. The fourth-order valence-electron chi connectivity index (χ4n) is 4.62. The Bertz CT molecular complexity index is 1090. The van der Waals surface area contributed by atoms with Crippen LogP contribution in [0.5, 0.6) is 0 Å². The summed E-state index contributed by atoms with van der Waals surface area (Å²) in [6.07, 6.45) is 0.442. The van der Waals surface area contributed by atoms with Gasteiger partial charge in [-0.2, -0.15) is 0 Å². The average molecular weight is 445 g/mol. The number of halogens is 2. The normalized spacial score (nSPS) is 24.1. The number of nitrogens with one attached hydrogen (secondary N) is 1. The number of amides is 2. The molecule has 2 atom stereocenters. The Morgan fingerprint density at radius 2 is 2.13 bits per heavy atom. The highest BCUT2D eigenvalue weighted by molar-refractivity contribution is 6.30. The van der Waals surface area contributed by atoms with Gasteiger partial charge in [-0.05, 0) is 50.6 Å². The molecular formula is C22H22ClFN4O3. The lowest BCUT2D eigenvalue weighted by Crippen LogP contribution is -2.63. The maximum Gasteiger partial charge on any atom is 0.273 e. The van der Waals surface area contributed by atoms with E-state index in [1.807, 2.05) is 11.0 Å². The molecule has 0 unspecified atom stereocenters. The molecule has 4 heterocycles. The third-order valence-electron chi connectivity index (χ3n) is 6.33. The van der Waals surface area contributed by atoms with E-state index in [1.54, 1.807) is 30.9 Å². The minimum atomic E-state index is -0.956. The summed E-state index contributed by atoms with van der Waals surface area (Å²) in [4.78, 5) is 33.7. The van der Waals surface area contributed by atoms with E-state index in [-0.39, 0.29) is 34.7 Å². The lowest BCUT2D eigenvalue weighted by molar-refractivity contribution is -0.133. The minimum Gasteiger partial charge on any atom is -0.357 e. The largest absolute Gasteiger partial charge is 0.357 e. The number of anilines is 2. The highest BCUT2D eigenvalue weighted by Gasteiger charge is 2.46. The van der Waals surface area contributed by atoms with E-state index in [1.165, 1.54) is 12.1 Å². The van der Waals surface area contributed by atoms with Gasteiger partial charge in [0.15, 0.2) is 0 Å². The van der Waals surface area contributed by atoms with Crippen molar-refractivity contribution in [3.05, 3.63) is 52.6 Å². The molecule has 1 aromatic heterocycles. The Labute approximate surface area is 184 Å². The summed E-state index contributed by atoms with van der Waals surface area (Å²) in [7, 11) is 0. The highest BCUT2D eigenvalue weighted by Crippen LogP contribution is 2.49. The van der Waals surface area contributed by atoms with Gasteiger partial charge in [0, 0.05) is 18.8 Å². The van der Waals surface area contributed by atoms with Gasteiger partial charge in [-0.25, -0.2) is 9.37 Å². The number of nitrogens with zero attached hydrogens (tertiary/aromatic N) is 3. The summed E-state index contributed by atoms with van der Waals surface area (Å²) in [6, 6.07) is 8.12. The fourth-order valence-corrected chi connectivity index (χ4v) is 4.73. The molecule has 0 saturated carbocycles. The monoisotopic (exact) mass is 444 g/mol. The van der Waals surface area contributed by atoms with Gasteiger partial charge in [0.25, 0.3) is 5.91 Å². The molecule has 1 aromatic carbocycles. The van der Waals surface area contributed by atoms with E-state index in [4.69, 9.17) is 21.3 Å². The van der Waals surface area contributed by atoms with Crippen LogP contribution in [0, 0.1) is 5.82 Å². The van der Waals surface area contributed by atoms with E-state index >= 15 is 0 Å². The first-order chi connectivity index (χ1) is 14.8. The van der Waals surface area contributed by atoms with E-state index in [9.17, 15) is 14.0 Å². The molecule has 9 heteroatoms. The summed E-state index contributed by atoms with van der Waals surface area (Å²) in [6.45, 7) is 4.84.